The summed E-state index contributed by atoms with van der Waals surface area (Å²) in [5.41, 5.74) is 2.27. The summed E-state index contributed by atoms with van der Waals surface area (Å²) in [5, 5.41) is 2.70. The van der Waals surface area contributed by atoms with Crippen LogP contribution in [0.25, 0.3) is 0 Å². The number of nitrogens with one attached hydrogen (secondary N) is 1. The predicted octanol–water partition coefficient (Wildman–Crippen LogP) is 2.82. The van der Waals surface area contributed by atoms with Crippen LogP contribution in [0.5, 0.6) is 11.5 Å². The summed E-state index contributed by atoms with van der Waals surface area (Å²) in [6, 6.07) is 4.88. The van der Waals surface area contributed by atoms with Crippen LogP contribution >= 0.6 is 0 Å². The highest BCUT2D eigenvalue weighted by Gasteiger charge is 2.27. The van der Waals surface area contributed by atoms with Crippen LogP contribution in [0, 0.1) is 12.8 Å². The van der Waals surface area contributed by atoms with E-state index >= 15 is 0 Å². The van der Waals surface area contributed by atoms with Crippen LogP contribution in [0.1, 0.15) is 45.4 Å². The van der Waals surface area contributed by atoms with E-state index in [4.69, 9.17) is 9.47 Å². The molecule has 26 heavy (non-hydrogen) atoms. The van der Waals surface area contributed by atoms with Crippen molar-refractivity contribution in [2.45, 2.75) is 26.7 Å². The number of nitrogens with zero attached hydrogens (tertiary/aromatic N) is 2. The van der Waals surface area contributed by atoms with Crippen molar-refractivity contribution in [2.75, 3.05) is 19.5 Å². The number of rotatable bonds is 4. The van der Waals surface area contributed by atoms with Gasteiger partial charge < -0.3 is 9.47 Å². The lowest BCUT2D eigenvalue weighted by atomic mass is 9.86. The zero-order valence-electron chi connectivity index (χ0n) is 15.3. The fraction of sp³-hybridized carbons (Fsp3) is 0.368. The quantitative estimate of drug-likeness (QED) is 0.907. The zero-order valence-corrected chi connectivity index (χ0v) is 15.3. The van der Waals surface area contributed by atoms with Gasteiger partial charge in [0.25, 0.3) is 5.91 Å². The van der Waals surface area contributed by atoms with Gasteiger partial charge >= 0.3 is 0 Å². The van der Waals surface area contributed by atoms with Gasteiger partial charge in [0.05, 0.1) is 31.2 Å². The summed E-state index contributed by atoms with van der Waals surface area (Å²) >= 11 is 0. The van der Waals surface area contributed by atoms with Crippen LogP contribution < -0.4 is 14.8 Å². The second kappa shape index (κ2) is 7.11. The number of benzene rings is 1. The highest BCUT2D eigenvalue weighted by molar-refractivity contribution is 6.04. The number of ether oxygens (including phenoxy) is 2. The number of methoxy groups -OCH3 is 2. The largest absolute Gasteiger partial charge is 0.493 e. The number of fused-ring (bicyclic) bond motifs is 1. The molecule has 1 aromatic heterocycles. The Labute approximate surface area is 151 Å². The molecule has 1 atom stereocenters. The van der Waals surface area contributed by atoms with Gasteiger partial charge in [-0.15, -0.1) is 0 Å². The molecule has 136 valence electrons. The summed E-state index contributed by atoms with van der Waals surface area (Å²) in [7, 11) is 3.04. The lowest BCUT2D eigenvalue weighted by Gasteiger charge is -2.21. The molecule has 0 radical (unpaired) electrons. The lowest BCUT2D eigenvalue weighted by molar-refractivity contribution is 0.0950. The van der Waals surface area contributed by atoms with Crippen LogP contribution in [0.2, 0.25) is 0 Å². The van der Waals surface area contributed by atoms with E-state index in [2.05, 4.69) is 15.3 Å². The van der Waals surface area contributed by atoms with Crippen molar-refractivity contribution in [1.29, 1.82) is 0 Å². The first-order valence-corrected chi connectivity index (χ1v) is 8.37. The number of hydrogen-bond donors (Lipinski definition) is 1. The van der Waals surface area contributed by atoms with Crippen LogP contribution in [-0.2, 0) is 6.42 Å². The van der Waals surface area contributed by atoms with E-state index in [-0.39, 0.29) is 23.6 Å². The summed E-state index contributed by atoms with van der Waals surface area (Å²) in [6.45, 7) is 3.78. The van der Waals surface area contributed by atoms with Crippen LogP contribution in [0.4, 0.5) is 5.95 Å². The molecule has 1 aliphatic rings. The van der Waals surface area contributed by atoms with Crippen molar-refractivity contribution in [1.82, 2.24) is 9.97 Å². The lowest BCUT2D eigenvalue weighted by Crippen LogP contribution is -2.23. The molecule has 1 heterocycles. The minimum atomic E-state index is -0.361. The fourth-order valence-electron chi connectivity index (χ4n) is 3.17. The molecule has 3 rings (SSSR count). The molecule has 1 aliphatic carbocycles. The van der Waals surface area contributed by atoms with Crippen molar-refractivity contribution in [3.8, 4) is 11.5 Å². The molecule has 1 amide bonds. The Bertz CT molecular complexity index is 879. The van der Waals surface area contributed by atoms with Gasteiger partial charge in [0.2, 0.25) is 5.95 Å². The standard InChI is InChI=1S/C19H21N3O4/c1-10-7-13-17(14(23)8-10)11(2)20-19(21-13)22-18(24)12-5-6-15(25-3)16(9-12)26-4/h5-6,9-10H,7-8H2,1-4H3,(H,20,21,22,24)/t10-/m0/s1. The molecule has 7 nitrogen and oxygen atoms in total. The van der Waals surface area contributed by atoms with Gasteiger partial charge in [0.1, 0.15) is 0 Å². The average molecular weight is 355 g/mol. The maximum atomic E-state index is 12.5. The van der Waals surface area contributed by atoms with Crippen LogP contribution in [0.3, 0.4) is 0 Å². The van der Waals surface area contributed by atoms with Crippen molar-refractivity contribution < 1.29 is 19.1 Å². The number of ketones is 1. The van der Waals surface area contributed by atoms with Crippen molar-refractivity contribution >= 4 is 17.6 Å². The van der Waals surface area contributed by atoms with Crippen LogP contribution in [-0.4, -0.2) is 35.9 Å². The van der Waals surface area contributed by atoms with E-state index < -0.39 is 0 Å². The van der Waals surface area contributed by atoms with Gasteiger partial charge in [-0.25, -0.2) is 9.97 Å². The Balaban J connectivity index is 1.87. The molecule has 0 saturated heterocycles. The number of hydrogen-bond acceptors (Lipinski definition) is 6. The summed E-state index contributed by atoms with van der Waals surface area (Å²) in [4.78, 5) is 33.4. The topological polar surface area (TPSA) is 90.4 Å². The monoisotopic (exact) mass is 355 g/mol. The third-order valence-electron chi connectivity index (χ3n) is 4.39. The van der Waals surface area contributed by atoms with Crippen LogP contribution in [0.15, 0.2) is 18.2 Å². The normalized spacial score (nSPS) is 16.0. The van der Waals surface area contributed by atoms with E-state index in [1.165, 1.54) is 14.2 Å². The Kier molecular flexibility index (Phi) is 4.88. The number of carbonyl (C=O) groups excluding carboxylic acids is 2. The maximum absolute atomic E-state index is 12.5. The summed E-state index contributed by atoms with van der Waals surface area (Å²) in [5.74, 6) is 1.13. The minimum Gasteiger partial charge on any atom is -0.493 e. The molecule has 1 aromatic carbocycles. The molecule has 0 saturated carbocycles. The predicted molar refractivity (Wildman–Crippen MR) is 96.1 cm³/mol. The Morgan fingerprint density at radius 1 is 1.15 bits per heavy atom. The van der Waals surface area contributed by atoms with Gasteiger partial charge in [0, 0.05) is 12.0 Å². The molecular formula is C19H21N3O4. The number of aromatic nitrogens is 2. The molecular weight excluding hydrogens is 334 g/mol. The number of aryl methyl sites for hydroxylation is 1. The Hall–Kier alpha value is -2.96. The van der Waals surface area contributed by atoms with Gasteiger partial charge in [-0.1, -0.05) is 6.92 Å². The van der Waals surface area contributed by atoms with Crippen molar-refractivity contribution in [3.05, 3.63) is 40.7 Å². The van der Waals surface area contributed by atoms with Gasteiger partial charge in [-0.05, 0) is 37.5 Å². The molecule has 1 N–H and O–H groups in total. The minimum absolute atomic E-state index is 0.0639. The number of anilines is 1. The summed E-state index contributed by atoms with van der Waals surface area (Å²) in [6.07, 6.45) is 1.21. The third kappa shape index (κ3) is 3.37. The van der Waals surface area contributed by atoms with E-state index in [1.54, 1.807) is 25.1 Å². The molecule has 2 aromatic rings. The molecule has 0 unspecified atom stereocenters. The molecule has 7 heteroatoms. The third-order valence-corrected chi connectivity index (χ3v) is 4.39. The first-order chi connectivity index (χ1) is 12.4. The molecule has 0 fully saturated rings. The van der Waals surface area contributed by atoms with E-state index in [1.807, 2.05) is 6.92 Å². The zero-order chi connectivity index (χ0) is 18.8. The SMILES string of the molecule is COc1ccc(C(=O)Nc2nc(C)c3c(n2)C[C@H](C)CC3=O)cc1OC. The average Bonchev–Trinajstić information content (AvgIpc) is 2.59. The number of Topliss-reactive ketones (excluding diaryl/α,β-unsaturated/α-hetero) is 1. The number of amides is 1. The van der Waals surface area contributed by atoms with Crippen molar-refractivity contribution in [2.24, 2.45) is 5.92 Å². The first kappa shape index (κ1) is 17.8. The Morgan fingerprint density at radius 3 is 2.58 bits per heavy atom. The van der Waals surface area contributed by atoms with Gasteiger partial charge in [0.15, 0.2) is 17.3 Å². The molecule has 0 aliphatic heterocycles. The van der Waals surface area contributed by atoms with E-state index in [0.717, 1.165) is 0 Å². The second-order valence-electron chi connectivity index (χ2n) is 6.41. The number of carbonyl (C=O) groups is 2. The van der Waals surface area contributed by atoms with Gasteiger partial charge in [-0.3, -0.25) is 14.9 Å². The van der Waals surface area contributed by atoms with E-state index in [9.17, 15) is 9.59 Å². The highest BCUT2D eigenvalue weighted by atomic mass is 16.5. The van der Waals surface area contributed by atoms with E-state index in [0.29, 0.717) is 46.9 Å². The molecule has 0 spiro atoms. The first-order valence-electron chi connectivity index (χ1n) is 8.37. The summed E-state index contributed by atoms with van der Waals surface area (Å²) < 4.78 is 10.4. The van der Waals surface area contributed by atoms with Crippen molar-refractivity contribution in [3.63, 3.8) is 0 Å². The molecule has 0 bridgehead atoms. The van der Waals surface area contributed by atoms with Gasteiger partial charge in [-0.2, -0.15) is 0 Å². The smallest absolute Gasteiger partial charge is 0.258 e. The Morgan fingerprint density at radius 2 is 1.88 bits per heavy atom. The maximum Gasteiger partial charge on any atom is 0.258 e. The fourth-order valence-corrected chi connectivity index (χ4v) is 3.17. The second-order valence-corrected chi connectivity index (χ2v) is 6.41. The highest BCUT2D eigenvalue weighted by Crippen LogP contribution is 2.29.